The monoisotopic (exact) mass is 316 g/mol. The molecule has 1 aliphatic rings. The van der Waals surface area contributed by atoms with Gasteiger partial charge in [-0.15, -0.1) is 0 Å². The first-order valence-corrected chi connectivity index (χ1v) is 8.98. The minimum absolute atomic E-state index is 0.326. The lowest BCUT2D eigenvalue weighted by molar-refractivity contribution is 0.158. The zero-order chi connectivity index (χ0) is 15.8. The Morgan fingerprint density at radius 2 is 1.55 bits per heavy atom. The lowest BCUT2D eigenvalue weighted by Gasteiger charge is -2.33. The van der Waals surface area contributed by atoms with Crippen molar-refractivity contribution in [1.82, 2.24) is 0 Å². The van der Waals surface area contributed by atoms with Gasteiger partial charge in [0.05, 0.1) is 15.7 Å². The summed E-state index contributed by atoms with van der Waals surface area (Å²) >= 11 is 0. The Labute approximate surface area is 131 Å². The predicted molar refractivity (Wildman–Crippen MR) is 86.5 cm³/mol. The van der Waals surface area contributed by atoms with Crippen molar-refractivity contribution < 1.29 is 13.5 Å². The molecule has 2 aromatic carbocycles. The Balaban J connectivity index is 2.11. The molecule has 0 aliphatic heterocycles. The Morgan fingerprint density at radius 1 is 1.00 bits per heavy atom. The average Bonchev–Trinajstić information content (AvgIpc) is 2.86. The van der Waals surface area contributed by atoms with Crippen LogP contribution in [0, 0.1) is 0 Å². The quantitative estimate of drug-likeness (QED) is 0.946. The van der Waals surface area contributed by atoms with Gasteiger partial charge in [0.2, 0.25) is 0 Å². The van der Waals surface area contributed by atoms with Crippen LogP contribution in [0.2, 0.25) is 0 Å². The average molecular weight is 316 g/mol. The summed E-state index contributed by atoms with van der Waals surface area (Å²) in [6, 6.07) is 18.0. The van der Waals surface area contributed by atoms with Crippen LogP contribution >= 0.6 is 0 Å². The zero-order valence-corrected chi connectivity index (χ0v) is 13.3. The number of aliphatic hydroxyl groups is 1. The van der Waals surface area contributed by atoms with E-state index in [1.165, 1.54) is 0 Å². The Hall–Kier alpha value is -1.65. The predicted octanol–water partition coefficient (Wildman–Crippen LogP) is 3.16. The van der Waals surface area contributed by atoms with Gasteiger partial charge in [0, 0.05) is 5.92 Å². The summed E-state index contributed by atoms with van der Waals surface area (Å²) in [6.07, 6.45) is 0.332. The van der Waals surface area contributed by atoms with Gasteiger partial charge in [-0.1, -0.05) is 48.5 Å². The fourth-order valence-electron chi connectivity index (χ4n) is 3.57. The largest absolute Gasteiger partial charge is 0.392 e. The lowest BCUT2D eigenvalue weighted by atomic mass is 9.88. The molecule has 1 fully saturated rings. The molecule has 3 rings (SSSR count). The van der Waals surface area contributed by atoms with Gasteiger partial charge in [-0.25, -0.2) is 8.42 Å². The number of rotatable bonds is 3. The van der Waals surface area contributed by atoms with E-state index in [4.69, 9.17) is 0 Å². The molecule has 1 saturated carbocycles. The Bertz CT molecular complexity index is 740. The van der Waals surface area contributed by atoms with Crippen LogP contribution in [0.4, 0.5) is 0 Å². The highest BCUT2D eigenvalue weighted by molar-refractivity contribution is 7.92. The normalized spacial score (nSPS) is 28.6. The van der Waals surface area contributed by atoms with Crippen LogP contribution < -0.4 is 0 Å². The second kappa shape index (κ2) is 5.52. The number of benzene rings is 2. The summed E-state index contributed by atoms with van der Waals surface area (Å²) in [6.45, 7) is 1.77. The molecule has 116 valence electrons. The highest BCUT2D eigenvalue weighted by Crippen LogP contribution is 2.49. The first kappa shape index (κ1) is 15.3. The molecule has 0 radical (unpaired) electrons. The first-order valence-electron chi connectivity index (χ1n) is 7.49. The van der Waals surface area contributed by atoms with Crippen LogP contribution in [0.1, 0.15) is 31.2 Å². The van der Waals surface area contributed by atoms with Gasteiger partial charge in [-0.05, 0) is 37.5 Å². The first-order chi connectivity index (χ1) is 10.5. The van der Waals surface area contributed by atoms with Gasteiger partial charge in [-0.3, -0.25) is 0 Å². The van der Waals surface area contributed by atoms with Gasteiger partial charge in [0.15, 0.2) is 9.84 Å². The van der Waals surface area contributed by atoms with E-state index in [2.05, 4.69) is 0 Å². The van der Waals surface area contributed by atoms with E-state index in [-0.39, 0.29) is 0 Å². The second-order valence-electron chi connectivity index (χ2n) is 6.12. The van der Waals surface area contributed by atoms with E-state index in [0.29, 0.717) is 17.7 Å². The van der Waals surface area contributed by atoms with E-state index >= 15 is 0 Å². The fraction of sp³-hybridized carbons (Fsp3) is 0.333. The van der Waals surface area contributed by atoms with Crippen LogP contribution in [0.3, 0.4) is 0 Å². The van der Waals surface area contributed by atoms with Crippen molar-refractivity contribution in [2.75, 3.05) is 0 Å². The third-order valence-corrected chi connectivity index (χ3v) is 7.38. The highest BCUT2D eigenvalue weighted by Gasteiger charge is 2.54. The highest BCUT2D eigenvalue weighted by atomic mass is 32.2. The van der Waals surface area contributed by atoms with Crippen LogP contribution in [0.25, 0.3) is 0 Å². The third kappa shape index (κ3) is 2.27. The van der Waals surface area contributed by atoms with Gasteiger partial charge in [0.1, 0.15) is 0 Å². The van der Waals surface area contributed by atoms with Crippen molar-refractivity contribution in [3.05, 3.63) is 66.2 Å². The molecule has 1 N–H and O–H groups in total. The molecule has 4 heteroatoms. The lowest BCUT2D eigenvalue weighted by Crippen LogP contribution is -2.40. The van der Waals surface area contributed by atoms with E-state index < -0.39 is 26.6 Å². The SMILES string of the molecule is CC1(S(=O)(=O)c2ccccc2)CCC(O)C1c1ccccc1. The van der Waals surface area contributed by atoms with Crippen LogP contribution in [-0.4, -0.2) is 24.4 Å². The number of hydrogen-bond acceptors (Lipinski definition) is 3. The van der Waals surface area contributed by atoms with E-state index in [1.54, 1.807) is 37.3 Å². The van der Waals surface area contributed by atoms with Crippen LogP contribution in [-0.2, 0) is 9.84 Å². The van der Waals surface area contributed by atoms with Crippen molar-refractivity contribution in [1.29, 1.82) is 0 Å². The molecule has 1 aliphatic carbocycles. The van der Waals surface area contributed by atoms with Crippen molar-refractivity contribution in [3.63, 3.8) is 0 Å². The Morgan fingerprint density at radius 3 is 2.14 bits per heavy atom. The second-order valence-corrected chi connectivity index (χ2v) is 8.53. The number of hydrogen-bond donors (Lipinski definition) is 1. The molecule has 0 bridgehead atoms. The molecule has 3 nitrogen and oxygen atoms in total. The van der Waals surface area contributed by atoms with Crippen LogP contribution in [0.5, 0.6) is 0 Å². The standard InChI is InChI=1S/C18H20O3S/c1-18(22(20,21)15-10-6-3-7-11-15)13-12-16(19)17(18)14-8-4-2-5-9-14/h2-11,16-17,19H,12-13H2,1H3. The Kier molecular flexibility index (Phi) is 3.83. The van der Waals surface area contributed by atoms with Gasteiger partial charge >= 0.3 is 0 Å². The maximum atomic E-state index is 13.2. The molecule has 3 atom stereocenters. The molecular formula is C18H20O3S. The molecule has 0 spiro atoms. The van der Waals surface area contributed by atoms with E-state index in [1.807, 2.05) is 30.3 Å². The van der Waals surface area contributed by atoms with Gasteiger partial charge in [-0.2, -0.15) is 0 Å². The van der Waals surface area contributed by atoms with Crippen molar-refractivity contribution in [3.8, 4) is 0 Å². The van der Waals surface area contributed by atoms with Gasteiger partial charge in [0.25, 0.3) is 0 Å². The minimum atomic E-state index is -3.53. The molecule has 0 saturated heterocycles. The van der Waals surface area contributed by atoms with Gasteiger partial charge < -0.3 is 5.11 Å². The summed E-state index contributed by atoms with van der Waals surface area (Å²) < 4.78 is 25.4. The van der Waals surface area contributed by atoms with E-state index in [0.717, 1.165) is 5.56 Å². The summed E-state index contributed by atoms with van der Waals surface area (Å²) in [4.78, 5) is 0.326. The topological polar surface area (TPSA) is 54.4 Å². The maximum Gasteiger partial charge on any atom is 0.184 e. The fourth-order valence-corrected chi connectivity index (χ4v) is 5.64. The summed E-state index contributed by atoms with van der Waals surface area (Å²) in [7, 11) is -3.53. The van der Waals surface area contributed by atoms with Crippen LogP contribution in [0.15, 0.2) is 65.6 Å². The van der Waals surface area contributed by atoms with Crippen molar-refractivity contribution in [2.45, 2.75) is 41.4 Å². The molecule has 3 unspecified atom stereocenters. The summed E-state index contributed by atoms with van der Waals surface area (Å²) in [5, 5.41) is 10.4. The molecule has 0 aromatic heterocycles. The van der Waals surface area contributed by atoms with Crippen molar-refractivity contribution in [2.24, 2.45) is 0 Å². The summed E-state index contributed by atoms with van der Waals surface area (Å²) in [5.74, 6) is -0.404. The number of sulfone groups is 1. The smallest absolute Gasteiger partial charge is 0.184 e. The molecule has 0 heterocycles. The molecular weight excluding hydrogens is 296 g/mol. The molecule has 2 aromatic rings. The van der Waals surface area contributed by atoms with Crippen molar-refractivity contribution >= 4 is 9.84 Å². The minimum Gasteiger partial charge on any atom is -0.392 e. The third-order valence-electron chi connectivity index (χ3n) is 4.81. The molecule has 22 heavy (non-hydrogen) atoms. The number of aliphatic hydroxyl groups excluding tert-OH is 1. The molecule has 0 amide bonds. The summed E-state index contributed by atoms with van der Waals surface area (Å²) in [5.41, 5.74) is 0.884. The zero-order valence-electron chi connectivity index (χ0n) is 12.5. The maximum absolute atomic E-state index is 13.2. The van der Waals surface area contributed by atoms with E-state index in [9.17, 15) is 13.5 Å².